The lowest BCUT2D eigenvalue weighted by Crippen LogP contribution is -2.36. The molecule has 0 spiro atoms. The van der Waals surface area contributed by atoms with Gasteiger partial charge in [-0.1, -0.05) is 29.8 Å². The van der Waals surface area contributed by atoms with Crippen LogP contribution in [-0.4, -0.2) is 35.8 Å². The van der Waals surface area contributed by atoms with Gasteiger partial charge in [0.05, 0.1) is 12.7 Å². The van der Waals surface area contributed by atoms with E-state index in [-0.39, 0.29) is 12.2 Å². The van der Waals surface area contributed by atoms with Gasteiger partial charge in [0.25, 0.3) is 0 Å². The molecule has 5 heteroatoms. The van der Waals surface area contributed by atoms with E-state index in [0.29, 0.717) is 18.4 Å². The van der Waals surface area contributed by atoms with E-state index in [2.05, 4.69) is 0 Å². The number of likely N-dealkylation sites (tertiary alicyclic amines) is 1. The van der Waals surface area contributed by atoms with Crippen LogP contribution in [0.1, 0.15) is 39.2 Å². The monoisotopic (exact) mass is 351 g/mol. The third kappa shape index (κ3) is 4.22. The Bertz CT molecular complexity index is 585. The van der Waals surface area contributed by atoms with Crippen LogP contribution < -0.4 is 0 Å². The molecule has 0 N–H and O–H groups in total. The predicted molar refractivity (Wildman–Crippen MR) is 94.1 cm³/mol. The van der Waals surface area contributed by atoms with Gasteiger partial charge in [-0.15, -0.1) is 0 Å². The maximum Gasteiger partial charge on any atom is 0.410 e. The molecule has 0 aromatic heterocycles. The summed E-state index contributed by atoms with van der Waals surface area (Å²) in [7, 11) is 0. The molecule has 1 aromatic rings. The van der Waals surface area contributed by atoms with Gasteiger partial charge >= 0.3 is 6.09 Å². The zero-order chi connectivity index (χ0) is 17.3. The molecule has 1 aliphatic carbocycles. The predicted octanol–water partition coefficient (Wildman–Crippen LogP) is 4.50. The second-order valence-electron chi connectivity index (χ2n) is 7.90. The van der Waals surface area contributed by atoms with Crippen molar-refractivity contribution in [1.82, 2.24) is 4.90 Å². The number of carbonyl (C=O) groups is 1. The average Bonchev–Trinajstić information content (AvgIpc) is 3.03. The summed E-state index contributed by atoms with van der Waals surface area (Å²) in [5.41, 5.74) is 0.599. The van der Waals surface area contributed by atoms with E-state index in [1.54, 1.807) is 0 Å². The van der Waals surface area contributed by atoms with Crippen molar-refractivity contribution in [2.24, 2.45) is 11.8 Å². The van der Waals surface area contributed by atoms with Crippen LogP contribution in [0.4, 0.5) is 4.79 Å². The number of amides is 1. The molecule has 24 heavy (non-hydrogen) atoms. The van der Waals surface area contributed by atoms with Gasteiger partial charge in [0, 0.05) is 18.1 Å². The Morgan fingerprint density at radius 2 is 1.83 bits per heavy atom. The van der Waals surface area contributed by atoms with Crippen molar-refractivity contribution in [1.29, 1.82) is 0 Å². The van der Waals surface area contributed by atoms with Crippen LogP contribution in [0.15, 0.2) is 24.3 Å². The number of nitrogens with zero attached hydrogens (tertiary/aromatic N) is 1. The van der Waals surface area contributed by atoms with Gasteiger partial charge in [-0.05, 0) is 57.1 Å². The Labute approximate surface area is 149 Å². The van der Waals surface area contributed by atoms with Crippen LogP contribution in [-0.2, 0) is 16.1 Å². The van der Waals surface area contributed by atoms with Crippen LogP contribution in [0.2, 0.25) is 5.02 Å². The number of hydrogen-bond donors (Lipinski definition) is 0. The summed E-state index contributed by atoms with van der Waals surface area (Å²) >= 11 is 6.17. The second kappa shape index (κ2) is 6.93. The van der Waals surface area contributed by atoms with Crippen LogP contribution >= 0.6 is 11.6 Å². The third-order valence-corrected chi connectivity index (χ3v) is 5.16. The molecule has 132 valence electrons. The van der Waals surface area contributed by atoms with Crippen LogP contribution in [0, 0.1) is 11.8 Å². The Hall–Kier alpha value is -1.26. The first kappa shape index (κ1) is 17.6. The van der Waals surface area contributed by atoms with E-state index in [4.69, 9.17) is 21.1 Å². The number of benzene rings is 1. The molecule has 1 aliphatic heterocycles. The Morgan fingerprint density at radius 3 is 2.42 bits per heavy atom. The number of hydrogen-bond acceptors (Lipinski definition) is 3. The molecule has 0 radical (unpaired) electrons. The largest absolute Gasteiger partial charge is 0.444 e. The quantitative estimate of drug-likeness (QED) is 0.804. The number of ether oxygens (including phenoxy) is 2. The highest BCUT2D eigenvalue weighted by Gasteiger charge is 2.43. The van der Waals surface area contributed by atoms with Crippen LogP contribution in [0.5, 0.6) is 0 Å². The van der Waals surface area contributed by atoms with Crippen molar-refractivity contribution in [3.63, 3.8) is 0 Å². The van der Waals surface area contributed by atoms with Gasteiger partial charge in [-0.2, -0.15) is 0 Å². The molecule has 2 fully saturated rings. The van der Waals surface area contributed by atoms with Crippen molar-refractivity contribution < 1.29 is 14.3 Å². The number of fused-ring (bicyclic) bond motifs is 1. The highest BCUT2D eigenvalue weighted by atomic mass is 35.5. The van der Waals surface area contributed by atoms with E-state index in [1.807, 2.05) is 49.9 Å². The number of carbonyl (C=O) groups excluding carboxylic acids is 1. The normalized spacial score (nSPS) is 24.2. The highest BCUT2D eigenvalue weighted by molar-refractivity contribution is 6.31. The smallest absolute Gasteiger partial charge is 0.410 e. The molecule has 3 rings (SSSR count). The topological polar surface area (TPSA) is 38.8 Å². The SMILES string of the molecule is CC(C)(C)OC(=O)N1C[C@H]2CC(OCc3ccccc3Cl)C[C@@H]2C1. The first-order valence-electron chi connectivity index (χ1n) is 8.65. The summed E-state index contributed by atoms with van der Waals surface area (Å²) in [6.45, 7) is 7.83. The van der Waals surface area contributed by atoms with Crippen molar-refractivity contribution in [2.75, 3.05) is 13.1 Å². The molecule has 2 atom stereocenters. The molecular formula is C19H26ClNO3. The van der Waals surface area contributed by atoms with Crippen LogP contribution in [0.25, 0.3) is 0 Å². The maximum absolute atomic E-state index is 12.2. The maximum atomic E-state index is 12.2. The molecule has 1 saturated heterocycles. The summed E-state index contributed by atoms with van der Waals surface area (Å²) in [4.78, 5) is 14.0. The van der Waals surface area contributed by atoms with Crippen molar-refractivity contribution in [3.8, 4) is 0 Å². The number of rotatable bonds is 3. The van der Waals surface area contributed by atoms with Crippen LogP contribution in [0.3, 0.4) is 0 Å². The van der Waals surface area contributed by atoms with E-state index in [1.165, 1.54) is 0 Å². The molecule has 1 heterocycles. The summed E-state index contributed by atoms with van der Waals surface area (Å²) in [5, 5.41) is 0.756. The van der Waals surface area contributed by atoms with E-state index >= 15 is 0 Å². The first-order chi connectivity index (χ1) is 11.3. The van der Waals surface area contributed by atoms with E-state index < -0.39 is 5.60 Å². The van der Waals surface area contributed by atoms with Crippen molar-refractivity contribution >= 4 is 17.7 Å². The van der Waals surface area contributed by atoms with Gasteiger partial charge in [0.2, 0.25) is 0 Å². The lowest BCUT2D eigenvalue weighted by atomic mass is 10.0. The van der Waals surface area contributed by atoms with Crippen molar-refractivity contribution in [3.05, 3.63) is 34.9 Å². The first-order valence-corrected chi connectivity index (χ1v) is 9.02. The van der Waals surface area contributed by atoms with Gasteiger partial charge in [0.15, 0.2) is 0 Å². The standard InChI is InChI=1S/C19H26ClNO3/c1-19(2,3)24-18(22)21-10-14-8-16(9-15(14)11-21)23-12-13-6-4-5-7-17(13)20/h4-7,14-16H,8-12H2,1-3H3/t14-,15-/m1/s1. The second-order valence-corrected chi connectivity index (χ2v) is 8.31. The van der Waals surface area contributed by atoms with Crippen molar-refractivity contribution in [2.45, 2.75) is 51.9 Å². The Balaban J connectivity index is 1.47. The fourth-order valence-corrected chi connectivity index (χ4v) is 3.87. The minimum absolute atomic E-state index is 0.189. The van der Waals surface area contributed by atoms with Gasteiger partial charge in [-0.3, -0.25) is 0 Å². The van der Waals surface area contributed by atoms with E-state index in [0.717, 1.165) is 36.5 Å². The zero-order valence-electron chi connectivity index (χ0n) is 14.6. The van der Waals surface area contributed by atoms with E-state index in [9.17, 15) is 4.79 Å². The molecular weight excluding hydrogens is 326 g/mol. The molecule has 2 aliphatic rings. The minimum Gasteiger partial charge on any atom is -0.444 e. The lowest BCUT2D eigenvalue weighted by molar-refractivity contribution is 0.0205. The summed E-state index contributed by atoms with van der Waals surface area (Å²) < 4.78 is 11.5. The lowest BCUT2D eigenvalue weighted by Gasteiger charge is -2.25. The minimum atomic E-state index is -0.435. The highest BCUT2D eigenvalue weighted by Crippen LogP contribution is 2.40. The molecule has 1 aromatic carbocycles. The van der Waals surface area contributed by atoms with Gasteiger partial charge < -0.3 is 14.4 Å². The Morgan fingerprint density at radius 1 is 1.21 bits per heavy atom. The summed E-state index contributed by atoms with van der Waals surface area (Å²) in [5.74, 6) is 1.04. The molecule has 4 nitrogen and oxygen atoms in total. The fraction of sp³-hybridized carbons (Fsp3) is 0.632. The number of halogens is 1. The summed E-state index contributed by atoms with van der Waals surface area (Å²) in [6, 6.07) is 7.80. The molecule has 1 saturated carbocycles. The zero-order valence-corrected chi connectivity index (χ0v) is 15.4. The average molecular weight is 352 g/mol. The molecule has 0 unspecified atom stereocenters. The summed E-state index contributed by atoms with van der Waals surface area (Å²) in [6.07, 6.45) is 2.09. The fourth-order valence-electron chi connectivity index (χ4n) is 3.68. The van der Waals surface area contributed by atoms with Gasteiger partial charge in [0.1, 0.15) is 5.60 Å². The molecule has 0 bridgehead atoms. The third-order valence-electron chi connectivity index (χ3n) is 4.79. The Kier molecular flexibility index (Phi) is 5.07. The van der Waals surface area contributed by atoms with Gasteiger partial charge in [-0.25, -0.2) is 4.79 Å². The molecule has 1 amide bonds.